The zero-order valence-electron chi connectivity index (χ0n) is 14.0. The minimum atomic E-state index is -0.523. The molecule has 0 radical (unpaired) electrons. The number of rotatable bonds is 3. The molecule has 0 aromatic heterocycles. The topological polar surface area (TPSA) is 84.7 Å². The number of ether oxygens (including phenoxy) is 1. The van der Waals surface area contributed by atoms with Crippen LogP contribution < -0.4 is 11.1 Å². The van der Waals surface area contributed by atoms with Gasteiger partial charge in [-0.3, -0.25) is 4.79 Å². The Morgan fingerprint density at radius 3 is 2.78 bits per heavy atom. The van der Waals surface area contributed by atoms with Crippen molar-refractivity contribution in [2.75, 3.05) is 18.8 Å². The van der Waals surface area contributed by atoms with Gasteiger partial charge in [0.05, 0.1) is 5.92 Å². The number of carbonyl (C=O) groups is 2. The monoisotopic (exact) mass is 319 g/mol. The molecule has 1 aliphatic heterocycles. The summed E-state index contributed by atoms with van der Waals surface area (Å²) in [5.41, 5.74) is 6.83. The van der Waals surface area contributed by atoms with Crippen LogP contribution in [-0.4, -0.2) is 35.6 Å². The van der Waals surface area contributed by atoms with Crippen LogP contribution in [0.4, 0.5) is 10.5 Å². The number of hydrogen-bond donors (Lipinski definition) is 2. The molecule has 3 N–H and O–H groups in total. The molecule has 1 unspecified atom stereocenters. The van der Waals surface area contributed by atoms with Crippen molar-refractivity contribution in [2.45, 2.75) is 39.3 Å². The first-order valence-corrected chi connectivity index (χ1v) is 7.84. The van der Waals surface area contributed by atoms with Gasteiger partial charge < -0.3 is 20.7 Å². The normalized spacial score (nSPS) is 17.9. The van der Waals surface area contributed by atoms with Crippen LogP contribution in [-0.2, 0) is 16.1 Å². The van der Waals surface area contributed by atoms with Gasteiger partial charge in [-0.25, -0.2) is 4.79 Å². The molecule has 1 aliphatic rings. The number of hydrogen-bond acceptors (Lipinski definition) is 4. The molecule has 1 heterocycles. The van der Waals surface area contributed by atoms with Gasteiger partial charge in [0.1, 0.15) is 5.60 Å². The molecule has 0 spiro atoms. The molecular weight excluding hydrogens is 294 g/mol. The van der Waals surface area contributed by atoms with Crippen LogP contribution in [0.5, 0.6) is 0 Å². The van der Waals surface area contributed by atoms with Crippen LogP contribution in [0, 0.1) is 5.92 Å². The molecule has 2 amide bonds. The molecule has 126 valence electrons. The predicted octanol–water partition coefficient (Wildman–Crippen LogP) is 2.14. The Morgan fingerprint density at radius 1 is 1.39 bits per heavy atom. The van der Waals surface area contributed by atoms with Crippen LogP contribution in [0.1, 0.15) is 32.8 Å². The number of nitrogens with one attached hydrogen (secondary N) is 1. The van der Waals surface area contributed by atoms with Crippen molar-refractivity contribution < 1.29 is 14.3 Å². The van der Waals surface area contributed by atoms with E-state index in [2.05, 4.69) is 5.32 Å². The van der Waals surface area contributed by atoms with Crippen LogP contribution in [0.2, 0.25) is 0 Å². The summed E-state index contributed by atoms with van der Waals surface area (Å²) in [5, 5.41) is 2.90. The number of nitrogen functional groups attached to an aromatic ring is 1. The Morgan fingerprint density at radius 2 is 2.13 bits per heavy atom. The lowest BCUT2D eigenvalue weighted by Gasteiger charge is -2.24. The summed E-state index contributed by atoms with van der Waals surface area (Å²) in [6.07, 6.45) is 0.297. The van der Waals surface area contributed by atoms with Gasteiger partial charge in [0.25, 0.3) is 0 Å². The Kier molecular flexibility index (Phi) is 5.13. The molecule has 6 nitrogen and oxygen atoms in total. The molecule has 0 saturated carbocycles. The number of benzene rings is 1. The maximum atomic E-state index is 12.2. The van der Waals surface area contributed by atoms with E-state index in [4.69, 9.17) is 10.5 Å². The average Bonchev–Trinajstić information content (AvgIpc) is 2.93. The highest BCUT2D eigenvalue weighted by molar-refractivity contribution is 5.80. The predicted molar refractivity (Wildman–Crippen MR) is 88.6 cm³/mol. The first-order chi connectivity index (χ1) is 10.7. The minimum Gasteiger partial charge on any atom is -0.444 e. The fourth-order valence-corrected chi connectivity index (χ4v) is 2.50. The lowest BCUT2D eigenvalue weighted by molar-refractivity contribution is -0.124. The molecular formula is C17H25N3O3. The third-order valence-electron chi connectivity index (χ3n) is 3.63. The largest absolute Gasteiger partial charge is 0.444 e. The van der Waals surface area contributed by atoms with Crippen LogP contribution in [0.15, 0.2) is 24.3 Å². The van der Waals surface area contributed by atoms with Gasteiger partial charge in [0.15, 0.2) is 0 Å². The second-order valence-electron chi connectivity index (χ2n) is 6.87. The van der Waals surface area contributed by atoms with E-state index in [-0.39, 0.29) is 17.9 Å². The summed E-state index contributed by atoms with van der Waals surface area (Å²) >= 11 is 0. The highest BCUT2D eigenvalue weighted by Gasteiger charge is 2.33. The Bertz CT molecular complexity index is 581. The number of anilines is 1. The summed E-state index contributed by atoms with van der Waals surface area (Å²) in [4.78, 5) is 25.8. The van der Waals surface area contributed by atoms with Crippen molar-refractivity contribution in [1.82, 2.24) is 10.2 Å². The number of nitrogens with zero attached hydrogens (tertiary/aromatic N) is 1. The smallest absolute Gasteiger partial charge is 0.410 e. The lowest BCUT2D eigenvalue weighted by Crippen LogP contribution is -2.37. The fraction of sp³-hybridized carbons (Fsp3) is 0.529. The zero-order chi connectivity index (χ0) is 17.0. The maximum Gasteiger partial charge on any atom is 0.410 e. The van der Waals surface area contributed by atoms with Crippen molar-refractivity contribution in [3.63, 3.8) is 0 Å². The van der Waals surface area contributed by atoms with E-state index < -0.39 is 5.60 Å². The van der Waals surface area contributed by atoms with Gasteiger partial charge >= 0.3 is 6.09 Å². The van der Waals surface area contributed by atoms with Crippen molar-refractivity contribution in [3.05, 3.63) is 29.8 Å². The van der Waals surface area contributed by atoms with Crippen LogP contribution in [0.3, 0.4) is 0 Å². The van der Waals surface area contributed by atoms with E-state index in [0.29, 0.717) is 31.7 Å². The first kappa shape index (κ1) is 17.1. The Labute approximate surface area is 137 Å². The molecule has 6 heteroatoms. The van der Waals surface area contributed by atoms with E-state index in [1.165, 1.54) is 0 Å². The summed E-state index contributed by atoms with van der Waals surface area (Å²) in [6, 6.07) is 7.41. The standard InChI is InChI=1S/C17H25N3O3/c1-17(2,3)23-16(22)20-8-7-13(11-20)15(21)19-10-12-5-4-6-14(18)9-12/h4-6,9,13H,7-8,10-11,18H2,1-3H3,(H,19,21). The highest BCUT2D eigenvalue weighted by atomic mass is 16.6. The minimum absolute atomic E-state index is 0.0431. The molecule has 1 aromatic rings. The van der Waals surface area contributed by atoms with Gasteiger partial charge in [0, 0.05) is 25.3 Å². The van der Waals surface area contributed by atoms with Crippen molar-refractivity contribution in [2.24, 2.45) is 5.92 Å². The average molecular weight is 319 g/mol. The number of likely N-dealkylation sites (tertiary alicyclic amines) is 1. The number of nitrogens with two attached hydrogens (primary N) is 1. The van der Waals surface area contributed by atoms with Gasteiger partial charge in [0.2, 0.25) is 5.91 Å². The SMILES string of the molecule is CC(C)(C)OC(=O)N1CCC(C(=O)NCc2cccc(N)c2)C1. The molecule has 1 fully saturated rings. The molecule has 0 bridgehead atoms. The lowest BCUT2D eigenvalue weighted by atomic mass is 10.1. The van der Waals surface area contributed by atoms with Crippen LogP contribution in [0.25, 0.3) is 0 Å². The van der Waals surface area contributed by atoms with Gasteiger partial charge in [-0.05, 0) is 44.9 Å². The molecule has 1 aromatic carbocycles. The molecule has 0 aliphatic carbocycles. The third kappa shape index (κ3) is 5.16. The second-order valence-corrected chi connectivity index (χ2v) is 6.87. The zero-order valence-corrected chi connectivity index (χ0v) is 14.0. The fourth-order valence-electron chi connectivity index (χ4n) is 2.50. The first-order valence-electron chi connectivity index (χ1n) is 7.84. The summed E-state index contributed by atoms with van der Waals surface area (Å²) in [6.45, 7) is 6.87. The maximum absolute atomic E-state index is 12.2. The van der Waals surface area contributed by atoms with Gasteiger partial charge in [-0.1, -0.05) is 12.1 Å². The van der Waals surface area contributed by atoms with Crippen molar-refractivity contribution in [1.29, 1.82) is 0 Å². The second kappa shape index (κ2) is 6.89. The van der Waals surface area contributed by atoms with Crippen LogP contribution >= 0.6 is 0 Å². The van der Waals surface area contributed by atoms with E-state index in [9.17, 15) is 9.59 Å². The van der Waals surface area contributed by atoms with Gasteiger partial charge in [-0.2, -0.15) is 0 Å². The number of carbonyl (C=O) groups excluding carboxylic acids is 2. The van der Waals surface area contributed by atoms with E-state index >= 15 is 0 Å². The van der Waals surface area contributed by atoms with E-state index in [1.54, 1.807) is 11.0 Å². The van der Waals surface area contributed by atoms with Crippen molar-refractivity contribution >= 4 is 17.7 Å². The summed E-state index contributed by atoms with van der Waals surface area (Å²) in [5.74, 6) is -0.234. The Balaban J connectivity index is 1.82. The molecule has 1 saturated heterocycles. The van der Waals surface area contributed by atoms with E-state index in [0.717, 1.165) is 5.56 Å². The summed E-state index contributed by atoms with van der Waals surface area (Å²) in [7, 11) is 0. The van der Waals surface area contributed by atoms with Gasteiger partial charge in [-0.15, -0.1) is 0 Å². The third-order valence-corrected chi connectivity index (χ3v) is 3.63. The summed E-state index contributed by atoms with van der Waals surface area (Å²) < 4.78 is 5.33. The molecule has 23 heavy (non-hydrogen) atoms. The molecule has 2 rings (SSSR count). The van der Waals surface area contributed by atoms with Crippen molar-refractivity contribution in [3.8, 4) is 0 Å². The Hall–Kier alpha value is -2.24. The highest BCUT2D eigenvalue weighted by Crippen LogP contribution is 2.19. The quantitative estimate of drug-likeness (QED) is 0.836. The molecule has 1 atom stereocenters. The van der Waals surface area contributed by atoms with E-state index in [1.807, 2.05) is 39.0 Å². The number of amides is 2.